The van der Waals surface area contributed by atoms with Gasteiger partial charge in [-0.25, -0.2) is 0 Å². The molecule has 1 N–H and O–H groups in total. The summed E-state index contributed by atoms with van der Waals surface area (Å²) < 4.78 is 5.09. The van der Waals surface area contributed by atoms with Crippen molar-refractivity contribution in [3.05, 3.63) is 50.8 Å². The van der Waals surface area contributed by atoms with Crippen LogP contribution in [0.2, 0.25) is 0 Å². The molecule has 0 saturated carbocycles. The van der Waals surface area contributed by atoms with Crippen molar-refractivity contribution < 1.29 is 9.32 Å². The first-order valence-electron chi connectivity index (χ1n) is 8.79. The van der Waals surface area contributed by atoms with Gasteiger partial charge in [-0.15, -0.1) is 0 Å². The lowest BCUT2D eigenvalue weighted by atomic mass is 10.1. The SMILES string of the molecule is Cc1cc(CN2CCN(C(=O)c3cc4c([nH]c3=O)CCC4)CC2)no1. The third kappa shape index (κ3) is 3.24. The molecule has 4 rings (SSSR count). The number of nitrogens with zero attached hydrogens (tertiary/aromatic N) is 3. The Morgan fingerprint density at radius 2 is 2.04 bits per heavy atom. The van der Waals surface area contributed by atoms with Gasteiger partial charge in [0.05, 0.1) is 5.69 Å². The third-order valence-electron chi connectivity index (χ3n) is 5.04. The van der Waals surface area contributed by atoms with Crippen LogP contribution in [0, 0.1) is 6.92 Å². The molecule has 0 spiro atoms. The molecule has 0 unspecified atom stereocenters. The molecule has 1 saturated heterocycles. The number of hydrogen-bond donors (Lipinski definition) is 1. The van der Waals surface area contributed by atoms with Gasteiger partial charge in [0.25, 0.3) is 11.5 Å². The van der Waals surface area contributed by atoms with Crippen molar-refractivity contribution >= 4 is 5.91 Å². The second-order valence-electron chi connectivity index (χ2n) is 6.87. The molecular formula is C18H22N4O3. The van der Waals surface area contributed by atoms with Crippen molar-refractivity contribution in [1.29, 1.82) is 0 Å². The van der Waals surface area contributed by atoms with Crippen LogP contribution in [0.3, 0.4) is 0 Å². The third-order valence-corrected chi connectivity index (χ3v) is 5.04. The predicted octanol–water partition coefficient (Wildman–Crippen LogP) is 1.12. The highest BCUT2D eigenvalue weighted by molar-refractivity contribution is 5.94. The van der Waals surface area contributed by atoms with Crippen LogP contribution < -0.4 is 5.56 Å². The number of pyridine rings is 1. The highest BCUT2D eigenvalue weighted by Gasteiger charge is 2.26. The first kappa shape index (κ1) is 16.1. The summed E-state index contributed by atoms with van der Waals surface area (Å²) in [6.07, 6.45) is 2.89. The van der Waals surface area contributed by atoms with Gasteiger partial charge in [0, 0.05) is 44.5 Å². The van der Waals surface area contributed by atoms with E-state index in [0.29, 0.717) is 13.1 Å². The van der Waals surface area contributed by atoms with Crippen LogP contribution in [0.15, 0.2) is 21.5 Å². The Bertz CT molecular complexity index is 846. The first-order valence-corrected chi connectivity index (χ1v) is 8.79. The predicted molar refractivity (Wildman–Crippen MR) is 91.5 cm³/mol. The number of carbonyl (C=O) groups excluding carboxylic acids is 1. The van der Waals surface area contributed by atoms with E-state index >= 15 is 0 Å². The zero-order valence-electron chi connectivity index (χ0n) is 14.4. The number of nitrogens with one attached hydrogen (secondary N) is 1. The molecule has 0 bridgehead atoms. The monoisotopic (exact) mass is 342 g/mol. The van der Waals surface area contributed by atoms with Crippen LogP contribution in [0.5, 0.6) is 0 Å². The lowest BCUT2D eigenvalue weighted by molar-refractivity contribution is 0.0624. The topological polar surface area (TPSA) is 82.4 Å². The van der Waals surface area contributed by atoms with Crippen molar-refractivity contribution in [1.82, 2.24) is 19.9 Å². The molecule has 0 aromatic carbocycles. The lowest BCUT2D eigenvalue weighted by Gasteiger charge is -2.34. The standard InChI is InChI=1S/C18H22N4O3/c1-12-9-14(20-25-12)11-21-5-7-22(8-6-21)18(24)15-10-13-3-2-4-16(13)19-17(15)23/h9-10H,2-8,11H2,1H3,(H,19,23). The van der Waals surface area contributed by atoms with E-state index in [4.69, 9.17) is 4.52 Å². The summed E-state index contributed by atoms with van der Waals surface area (Å²) in [5.74, 6) is 0.646. The molecule has 25 heavy (non-hydrogen) atoms. The van der Waals surface area contributed by atoms with Gasteiger partial charge in [-0.3, -0.25) is 14.5 Å². The quantitative estimate of drug-likeness (QED) is 0.904. The number of amides is 1. The van der Waals surface area contributed by atoms with E-state index in [1.807, 2.05) is 13.0 Å². The number of H-pyrrole nitrogens is 1. The van der Waals surface area contributed by atoms with Gasteiger partial charge in [0.1, 0.15) is 11.3 Å². The van der Waals surface area contributed by atoms with Crippen LogP contribution in [0.1, 0.15) is 39.5 Å². The summed E-state index contributed by atoms with van der Waals surface area (Å²) in [5.41, 5.74) is 3.04. The number of rotatable bonds is 3. The zero-order valence-corrected chi connectivity index (χ0v) is 14.4. The maximum absolute atomic E-state index is 12.7. The number of aromatic amines is 1. The molecule has 3 heterocycles. The summed E-state index contributed by atoms with van der Waals surface area (Å²) >= 11 is 0. The van der Waals surface area contributed by atoms with Crippen molar-refractivity contribution in [3.63, 3.8) is 0 Å². The van der Waals surface area contributed by atoms with E-state index in [1.54, 1.807) is 11.0 Å². The van der Waals surface area contributed by atoms with Gasteiger partial charge in [0.2, 0.25) is 0 Å². The van der Waals surface area contributed by atoms with Gasteiger partial charge in [-0.05, 0) is 37.8 Å². The number of hydrogen-bond acceptors (Lipinski definition) is 5. The van der Waals surface area contributed by atoms with Crippen LogP contribution >= 0.6 is 0 Å². The van der Waals surface area contributed by atoms with Crippen LogP contribution in [-0.4, -0.2) is 52.0 Å². The molecule has 7 heteroatoms. The normalized spacial score (nSPS) is 17.7. The molecule has 1 amide bonds. The maximum atomic E-state index is 12.7. The number of carbonyl (C=O) groups is 1. The minimum Gasteiger partial charge on any atom is -0.361 e. The van der Waals surface area contributed by atoms with E-state index in [2.05, 4.69) is 15.0 Å². The number of fused-ring (bicyclic) bond motifs is 1. The summed E-state index contributed by atoms with van der Waals surface area (Å²) in [5, 5.41) is 4.01. The van der Waals surface area contributed by atoms with Gasteiger partial charge < -0.3 is 14.4 Å². The average molecular weight is 342 g/mol. The smallest absolute Gasteiger partial charge is 0.261 e. The summed E-state index contributed by atoms with van der Waals surface area (Å²) in [6, 6.07) is 3.73. The Morgan fingerprint density at radius 3 is 2.76 bits per heavy atom. The minimum atomic E-state index is -0.258. The summed E-state index contributed by atoms with van der Waals surface area (Å²) in [7, 11) is 0. The molecule has 2 aromatic heterocycles. The van der Waals surface area contributed by atoms with E-state index in [1.165, 1.54) is 0 Å². The van der Waals surface area contributed by atoms with Gasteiger partial charge >= 0.3 is 0 Å². The lowest BCUT2D eigenvalue weighted by Crippen LogP contribution is -2.49. The summed E-state index contributed by atoms with van der Waals surface area (Å²) in [4.78, 5) is 31.9. The zero-order chi connectivity index (χ0) is 17.4. The Balaban J connectivity index is 1.41. The number of aryl methyl sites for hydroxylation is 3. The average Bonchev–Trinajstić information content (AvgIpc) is 3.22. The minimum absolute atomic E-state index is 0.159. The molecule has 7 nitrogen and oxygen atoms in total. The summed E-state index contributed by atoms with van der Waals surface area (Å²) in [6.45, 7) is 5.36. The molecule has 1 aliphatic heterocycles. The molecular weight excluding hydrogens is 320 g/mol. The molecule has 1 fully saturated rings. The van der Waals surface area contributed by atoms with E-state index in [-0.39, 0.29) is 17.0 Å². The fourth-order valence-electron chi connectivity index (χ4n) is 3.67. The molecule has 2 aromatic rings. The van der Waals surface area contributed by atoms with Gasteiger partial charge in [-0.1, -0.05) is 5.16 Å². The Kier molecular flexibility index (Phi) is 4.17. The van der Waals surface area contributed by atoms with E-state index in [0.717, 1.165) is 61.6 Å². The molecule has 2 aliphatic rings. The van der Waals surface area contributed by atoms with Crippen molar-refractivity contribution in [2.45, 2.75) is 32.7 Å². The number of piperazine rings is 1. The highest BCUT2D eigenvalue weighted by atomic mass is 16.5. The van der Waals surface area contributed by atoms with Crippen molar-refractivity contribution in [3.8, 4) is 0 Å². The fourth-order valence-corrected chi connectivity index (χ4v) is 3.67. The van der Waals surface area contributed by atoms with E-state index < -0.39 is 0 Å². The second kappa shape index (κ2) is 6.48. The van der Waals surface area contributed by atoms with Gasteiger partial charge in [0.15, 0.2) is 0 Å². The Morgan fingerprint density at radius 1 is 1.24 bits per heavy atom. The van der Waals surface area contributed by atoms with E-state index in [9.17, 15) is 9.59 Å². The highest BCUT2D eigenvalue weighted by Crippen LogP contribution is 2.19. The Hall–Kier alpha value is -2.41. The number of aromatic nitrogens is 2. The first-order chi connectivity index (χ1) is 12.1. The Labute approximate surface area is 145 Å². The molecule has 132 valence electrons. The van der Waals surface area contributed by atoms with Crippen LogP contribution in [0.4, 0.5) is 0 Å². The molecule has 0 radical (unpaired) electrons. The molecule has 0 atom stereocenters. The second-order valence-corrected chi connectivity index (χ2v) is 6.87. The fraction of sp³-hybridized carbons (Fsp3) is 0.500. The van der Waals surface area contributed by atoms with Crippen molar-refractivity contribution in [2.24, 2.45) is 0 Å². The van der Waals surface area contributed by atoms with Crippen LogP contribution in [-0.2, 0) is 19.4 Å². The van der Waals surface area contributed by atoms with Crippen LogP contribution in [0.25, 0.3) is 0 Å². The molecule has 1 aliphatic carbocycles. The largest absolute Gasteiger partial charge is 0.361 e. The maximum Gasteiger partial charge on any atom is 0.261 e. The van der Waals surface area contributed by atoms with Crippen molar-refractivity contribution in [2.75, 3.05) is 26.2 Å². The van der Waals surface area contributed by atoms with Gasteiger partial charge in [-0.2, -0.15) is 0 Å².